The summed E-state index contributed by atoms with van der Waals surface area (Å²) in [4.78, 5) is 4.54. The number of rotatable bonds is 1. The topological polar surface area (TPSA) is 18.5 Å². The molecular weight excluding hydrogens is 182 g/mol. The van der Waals surface area contributed by atoms with Gasteiger partial charge >= 0.3 is 0 Å². The van der Waals surface area contributed by atoms with Crippen molar-refractivity contribution in [1.82, 2.24) is 15.1 Å². The van der Waals surface area contributed by atoms with Gasteiger partial charge in [-0.2, -0.15) is 0 Å². The molecule has 4 heteroatoms. The number of hydrogen-bond donors (Lipinski definition) is 1. The predicted molar refractivity (Wildman–Crippen MR) is 59.9 cm³/mol. The van der Waals surface area contributed by atoms with Crippen LogP contribution < -0.4 is 5.32 Å². The lowest BCUT2D eigenvalue weighted by Crippen LogP contribution is -2.49. The molecule has 1 heterocycles. The van der Waals surface area contributed by atoms with Crippen LogP contribution in [0.1, 0.15) is 12.8 Å². The van der Waals surface area contributed by atoms with Gasteiger partial charge in [-0.3, -0.25) is 0 Å². The summed E-state index contributed by atoms with van der Waals surface area (Å²) in [5.74, 6) is 0. The molecule has 0 saturated carbocycles. The molecule has 1 saturated heterocycles. The second-order valence-electron chi connectivity index (χ2n) is 3.76. The Morgan fingerprint density at radius 3 is 2.77 bits per heavy atom. The third-order valence-corrected chi connectivity index (χ3v) is 3.09. The first kappa shape index (κ1) is 10.7. The lowest BCUT2D eigenvalue weighted by Gasteiger charge is -2.37. The lowest BCUT2D eigenvalue weighted by atomic mass is 10.1. The van der Waals surface area contributed by atoms with Crippen molar-refractivity contribution in [2.75, 3.05) is 34.2 Å². The summed E-state index contributed by atoms with van der Waals surface area (Å²) in [5, 5.41) is 3.91. The quantitative estimate of drug-likeness (QED) is 0.623. The fourth-order valence-corrected chi connectivity index (χ4v) is 1.88. The van der Waals surface area contributed by atoms with Gasteiger partial charge in [0.1, 0.15) is 0 Å². The number of likely N-dealkylation sites (tertiary alicyclic amines) is 1. The maximum Gasteiger partial charge on any atom is 0.168 e. The van der Waals surface area contributed by atoms with Crippen LogP contribution >= 0.6 is 12.2 Å². The van der Waals surface area contributed by atoms with Crippen LogP contribution in [0.3, 0.4) is 0 Å². The van der Waals surface area contributed by atoms with Gasteiger partial charge in [-0.05, 0) is 39.2 Å². The van der Waals surface area contributed by atoms with Gasteiger partial charge in [0, 0.05) is 26.2 Å². The second-order valence-corrected chi connectivity index (χ2v) is 4.15. The molecule has 1 aliphatic heterocycles. The zero-order valence-corrected chi connectivity index (χ0v) is 9.52. The number of hydrogen-bond acceptors (Lipinski definition) is 2. The lowest BCUT2D eigenvalue weighted by molar-refractivity contribution is 0.183. The number of thiocarbonyl (C=S) groups is 1. The van der Waals surface area contributed by atoms with Crippen molar-refractivity contribution >= 4 is 17.3 Å². The first-order chi connectivity index (χ1) is 6.15. The number of piperidine rings is 1. The fraction of sp³-hybridized carbons (Fsp3) is 0.889. The Labute approximate surface area is 86.1 Å². The van der Waals surface area contributed by atoms with Crippen molar-refractivity contribution in [2.45, 2.75) is 18.9 Å². The Balaban J connectivity index is 2.46. The van der Waals surface area contributed by atoms with Crippen molar-refractivity contribution in [3.63, 3.8) is 0 Å². The molecule has 1 fully saturated rings. The molecule has 3 nitrogen and oxygen atoms in total. The van der Waals surface area contributed by atoms with E-state index in [1.807, 2.05) is 7.05 Å². The van der Waals surface area contributed by atoms with Crippen molar-refractivity contribution in [3.8, 4) is 0 Å². The van der Waals surface area contributed by atoms with E-state index in [1.54, 1.807) is 0 Å². The molecule has 0 aromatic rings. The zero-order chi connectivity index (χ0) is 9.84. The van der Waals surface area contributed by atoms with Gasteiger partial charge in [-0.1, -0.05) is 0 Å². The van der Waals surface area contributed by atoms with Crippen LogP contribution in [0.4, 0.5) is 0 Å². The largest absolute Gasteiger partial charge is 0.366 e. The molecule has 1 unspecified atom stereocenters. The smallest absolute Gasteiger partial charge is 0.168 e. The van der Waals surface area contributed by atoms with E-state index >= 15 is 0 Å². The highest BCUT2D eigenvalue weighted by Gasteiger charge is 2.22. The Morgan fingerprint density at radius 2 is 2.23 bits per heavy atom. The molecule has 0 aromatic carbocycles. The summed E-state index contributed by atoms with van der Waals surface area (Å²) >= 11 is 5.21. The van der Waals surface area contributed by atoms with Crippen LogP contribution in [-0.2, 0) is 0 Å². The van der Waals surface area contributed by atoms with Crippen LogP contribution in [0.15, 0.2) is 0 Å². The molecule has 0 bridgehead atoms. The molecule has 0 aliphatic carbocycles. The standard InChI is InChI=1S/C9H19N3S/c1-10-9(13)12-6-4-5-8(7-12)11(2)3/h8H,4-7H2,1-3H3,(H,10,13). The third kappa shape index (κ3) is 2.81. The molecule has 0 aromatic heterocycles. The summed E-state index contributed by atoms with van der Waals surface area (Å²) in [6.07, 6.45) is 2.53. The number of nitrogens with zero attached hydrogens (tertiary/aromatic N) is 2. The van der Waals surface area contributed by atoms with Gasteiger partial charge in [0.25, 0.3) is 0 Å². The molecule has 0 amide bonds. The van der Waals surface area contributed by atoms with Crippen LogP contribution in [0.2, 0.25) is 0 Å². The Kier molecular flexibility index (Phi) is 3.93. The SMILES string of the molecule is CNC(=S)N1CCCC(N(C)C)C1. The second kappa shape index (κ2) is 4.77. The van der Waals surface area contributed by atoms with E-state index in [-0.39, 0.29) is 0 Å². The van der Waals surface area contributed by atoms with Crippen molar-refractivity contribution < 1.29 is 0 Å². The molecule has 13 heavy (non-hydrogen) atoms. The molecule has 1 N–H and O–H groups in total. The van der Waals surface area contributed by atoms with Crippen LogP contribution in [0, 0.1) is 0 Å². The summed E-state index contributed by atoms with van der Waals surface area (Å²) in [6.45, 7) is 2.16. The van der Waals surface area contributed by atoms with Crippen LogP contribution in [0.5, 0.6) is 0 Å². The summed E-state index contributed by atoms with van der Waals surface area (Å²) < 4.78 is 0. The number of nitrogens with one attached hydrogen (secondary N) is 1. The normalized spacial score (nSPS) is 23.4. The minimum absolute atomic E-state index is 0.653. The highest BCUT2D eigenvalue weighted by molar-refractivity contribution is 7.80. The Hall–Kier alpha value is -0.350. The van der Waals surface area contributed by atoms with Crippen molar-refractivity contribution in [3.05, 3.63) is 0 Å². The van der Waals surface area contributed by atoms with E-state index in [0.717, 1.165) is 18.2 Å². The first-order valence-corrected chi connectivity index (χ1v) is 5.19. The van der Waals surface area contributed by atoms with Gasteiger partial charge < -0.3 is 15.1 Å². The van der Waals surface area contributed by atoms with Gasteiger partial charge in [0.05, 0.1) is 0 Å². The van der Waals surface area contributed by atoms with E-state index in [1.165, 1.54) is 12.8 Å². The molecule has 0 radical (unpaired) electrons. The van der Waals surface area contributed by atoms with E-state index in [9.17, 15) is 0 Å². The van der Waals surface area contributed by atoms with E-state index in [4.69, 9.17) is 12.2 Å². The van der Waals surface area contributed by atoms with Crippen LogP contribution in [-0.4, -0.2) is 55.2 Å². The van der Waals surface area contributed by atoms with Crippen LogP contribution in [0.25, 0.3) is 0 Å². The Bertz CT molecular complexity index is 182. The highest BCUT2D eigenvalue weighted by Crippen LogP contribution is 2.13. The maximum absolute atomic E-state index is 5.21. The fourth-order valence-electron chi connectivity index (χ4n) is 1.72. The first-order valence-electron chi connectivity index (χ1n) is 4.78. The average Bonchev–Trinajstić information content (AvgIpc) is 2.17. The van der Waals surface area contributed by atoms with Crippen molar-refractivity contribution in [1.29, 1.82) is 0 Å². The minimum Gasteiger partial charge on any atom is -0.366 e. The molecule has 1 rings (SSSR count). The van der Waals surface area contributed by atoms with E-state index < -0.39 is 0 Å². The average molecular weight is 201 g/mol. The molecule has 1 aliphatic rings. The summed E-state index contributed by atoms with van der Waals surface area (Å²) in [7, 11) is 6.16. The van der Waals surface area contributed by atoms with Crippen molar-refractivity contribution in [2.24, 2.45) is 0 Å². The van der Waals surface area contributed by atoms with Gasteiger partial charge in [-0.25, -0.2) is 0 Å². The minimum atomic E-state index is 0.653. The van der Waals surface area contributed by atoms with Gasteiger partial charge in [-0.15, -0.1) is 0 Å². The highest BCUT2D eigenvalue weighted by atomic mass is 32.1. The Morgan fingerprint density at radius 1 is 1.54 bits per heavy atom. The molecule has 1 atom stereocenters. The zero-order valence-electron chi connectivity index (χ0n) is 8.71. The number of likely N-dealkylation sites (N-methyl/N-ethyl adjacent to an activating group) is 1. The molecule has 76 valence electrons. The maximum atomic E-state index is 5.21. The summed E-state index contributed by atoms with van der Waals surface area (Å²) in [6, 6.07) is 0.653. The third-order valence-electron chi connectivity index (χ3n) is 2.63. The molecular formula is C9H19N3S. The van der Waals surface area contributed by atoms with Gasteiger partial charge in [0.2, 0.25) is 0 Å². The van der Waals surface area contributed by atoms with E-state index in [2.05, 4.69) is 29.2 Å². The predicted octanol–water partition coefficient (Wildman–Crippen LogP) is 0.517. The monoisotopic (exact) mass is 201 g/mol. The summed E-state index contributed by atoms with van der Waals surface area (Å²) in [5.41, 5.74) is 0. The van der Waals surface area contributed by atoms with Gasteiger partial charge in [0.15, 0.2) is 5.11 Å². The van der Waals surface area contributed by atoms with E-state index in [0.29, 0.717) is 6.04 Å². The molecule has 0 spiro atoms.